The highest BCUT2D eigenvalue weighted by molar-refractivity contribution is 5.88. The number of hydrogen-bond donors (Lipinski definition) is 2. The Morgan fingerprint density at radius 2 is 1.81 bits per heavy atom. The van der Waals surface area contributed by atoms with E-state index in [9.17, 15) is 19.5 Å². The Morgan fingerprint density at radius 3 is 2.38 bits per heavy atom. The van der Waals surface area contributed by atoms with Crippen LogP contribution in [0.5, 0.6) is 0 Å². The molecule has 1 saturated heterocycles. The first-order valence-electron chi connectivity index (χ1n) is 7.75. The van der Waals surface area contributed by atoms with Gasteiger partial charge < -0.3 is 15.3 Å². The molecular formula is C15H24N2O4. The number of carboxylic acid groups (broad SMARTS) is 1. The Balaban J connectivity index is 2.02. The number of rotatable bonds is 3. The summed E-state index contributed by atoms with van der Waals surface area (Å²) in [5.74, 6) is -1.47. The molecule has 1 aliphatic heterocycles. The zero-order chi connectivity index (χ0) is 15.5. The van der Waals surface area contributed by atoms with Gasteiger partial charge in [-0.25, -0.2) is 4.79 Å². The minimum Gasteiger partial charge on any atom is -0.480 e. The van der Waals surface area contributed by atoms with E-state index in [1.165, 1.54) is 6.92 Å². The predicted molar refractivity (Wildman–Crippen MR) is 76.6 cm³/mol. The molecule has 1 unspecified atom stereocenters. The first-order valence-corrected chi connectivity index (χ1v) is 7.75. The molecule has 1 saturated carbocycles. The molecule has 1 atom stereocenters. The number of likely N-dealkylation sites (tertiary alicyclic amines) is 1. The highest BCUT2D eigenvalue weighted by atomic mass is 16.4. The zero-order valence-corrected chi connectivity index (χ0v) is 12.6. The van der Waals surface area contributed by atoms with Crippen LogP contribution in [0.4, 0.5) is 0 Å². The average molecular weight is 296 g/mol. The molecule has 2 fully saturated rings. The summed E-state index contributed by atoms with van der Waals surface area (Å²) in [7, 11) is 0. The van der Waals surface area contributed by atoms with Crippen molar-refractivity contribution >= 4 is 17.8 Å². The molecule has 1 aliphatic carbocycles. The van der Waals surface area contributed by atoms with E-state index in [4.69, 9.17) is 0 Å². The monoisotopic (exact) mass is 296 g/mol. The number of amides is 2. The van der Waals surface area contributed by atoms with Crippen molar-refractivity contribution in [3.63, 3.8) is 0 Å². The minimum absolute atomic E-state index is 0.0295. The zero-order valence-electron chi connectivity index (χ0n) is 12.6. The fourth-order valence-corrected chi connectivity index (χ4v) is 3.36. The Labute approximate surface area is 124 Å². The van der Waals surface area contributed by atoms with E-state index in [2.05, 4.69) is 5.32 Å². The lowest BCUT2D eigenvalue weighted by Crippen LogP contribution is -2.58. The standard InChI is InChI=1S/C15H24N2O4/c1-11(18)17-9-5-6-12(10-17)13(19)16-15(14(20)21)7-3-2-4-8-15/h12H,2-10H2,1H3,(H,16,19)(H,20,21). The summed E-state index contributed by atoms with van der Waals surface area (Å²) in [6.07, 6.45) is 5.18. The quantitative estimate of drug-likeness (QED) is 0.818. The van der Waals surface area contributed by atoms with E-state index in [0.29, 0.717) is 32.4 Å². The fourth-order valence-electron chi connectivity index (χ4n) is 3.36. The van der Waals surface area contributed by atoms with Gasteiger partial charge in [0, 0.05) is 20.0 Å². The molecule has 2 aliphatic rings. The Bertz CT molecular complexity index is 429. The molecule has 0 radical (unpaired) electrons. The molecule has 118 valence electrons. The highest BCUT2D eigenvalue weighted by Crippen LogP contribution is 2.29. The van der Waals surface area contributed by atoms with Crippen LogP contribution in [0.15, 0.2) is 0 Å². The molecule has 0 aromatic carbocycles. The van der Waals surface area contributed by atoms with Crippen LogP contribution < -0.4 is 5.32 Å². The second kappa shape index (κ2) is 6.45. The minimum atomic E-state index is -1.10. The molecule has 2 amide bonds. The van der Waals surface area contributed by atoms with Gasteiger partial charge >= 0.3 is 5.97 Å². The van der Waals surface area contributed by atoms with Crippen molar-refractivity contribution in [3.8, 4) is 0 Å². The lowest BCUT2D eigenvalue weighted by atomic mass is 9.81. The Morgan fingerprint density at radius 1 is 1.14 bits per heavy atom. The Hall–Kier alpha value is -1.59. The maximum absolute atomic E-state index is 12.4. The van der Waals surface area contributed by atoms with Crippen LogP contribution >= 0.6 is 0 Å². The van der Waals surface area contributed by atoms with Crippen molar-refractivity contribution in [2.45, 2.75) is 57.4 Å². The molecule has 0 aromatic rings. The van der Waals surface area contributed by atoms with E-state index >= 15 is 0 Å². The van der Waals surface area contributed by atoms with Gasteiger partial charge in [-0.2, -0.15) is 0 Å². The van der Waals surface area contributed by atoms with Gasteiger partial charge in [0.15, 0.2) is 0 Å². The summed E-state index contributed by atoms with van der Waals surface area (Å²) in [5.41, 5.74) is -1.10. The molecule has 6 nitrogen and oxygen atoms in total. The van der Waals surface area contributed by atoms with E-state index in [-0.39, 0.29) is 17.7 Å². The van der Waals surface area contributed by atoms with Crippen molar-refractivity contribution in [3.05, 3.63) is 0 Å². The number of nitrogens with one attached hydrogen (secondary N) is 1. The molecule has 6 heteroatoms. The normalized spacial score (nSPS) is 25.2. The number of hydrogen-bond acceptors (Lipinski definition) is 3. The molecule has 1 heterocycles. The first-order chi connectivity index (χ1) is 9.94. The molecule has 21 heavy (non-hydrogen) atoms. The summed E-state index contributed by atoms with van der Waals surface area (Å²) < 4.78 is 0. The topological polar surface area (TPSA) is 86.7 Å². The van der Waals surface area contributed by atoms with Gasteiger partial charge in [-0.3, -0.25) is 9.59 Å². The molecular weight excluding hydrogens is 272 g/mol. The van der Waals surface area contributed by atoms with E-state index < -0.39 is 11.5 Å². The van der Waals surface area contributed by atoms with Crippen LogP contribution in [0.2, 0.25) is 0 Å². The number of aliphatic carboxylic acids is 1. The van der Waals surface area contributed by atoms with Gasteiger partial charge in [0.2, 0.25) is 11.8 Å². The van der Waals surface area contributed by atoms with Crippen molar-refractivity contribution in [1.82, 2.24) is 10.2 Å². The van der Waals surface area contributed by atoms with Crippen LogP contribution in [0.25, 0.3) is 0 Å². The number of carbonyl (C=O) groups is 3. The third kappa shape index (κ3) is 3.54. The second-order valence-corrected chi connectivity index (χ2v) is 6.24. The summed E-state index contributed by atoms with van der Waals surface area (Å²) >= 11 is 0. The van der Waals surface area contributed by atoms with E-state index in [1.807, 2.05) is 0 Å². The summed E-state index contributed by atoms with van der Waals surface area (Å²) in [6.45, 7) is 2.58. The SMILES string of the molecule is CC(=O)N1CCCC(C(=O)NC2(C(=O)O)CCCCC2)C1. The highest BCUT2D eigenvalue weighted by Gasteiger charge is 2.42. The third-order valence-corrected chi connectivity index (χ3v) is 4.72. The van der Waals surface area contributed by atoms with E-state index in [0.717, 1.165) is 25.7 Å². The van der Waals surface area contributed by atoms with Crippen molar-refractivity contribution in [2.75, 3.05) is 13.1 Å². The van der Waals surface area contributed by atoms with Gasteiger partial charge in [-0.1, -0.05) is 19.3 Å². The third-order valence-electron chi connectivity index (χ3n) is 4.72. The summed E-state index contributed by atoms with van der Waals surface area (Å²) in [5, 5.41) is 12.3. The number of carboxylic acids is 1. The van der Waals surface area contributed by atoms with Gasteiger partial charge in [0.05, 0.1) is 5.92 Å². The van der Waals surface area contributed by atoms with Crippen LogP contribution in [-0.4, -0.2) is 46.4 Å². The lowest BCUT2D eigenvalue weighted by Gasteiger charge is -2.37. The van der Waals surface area contributed by atoms with Crippen LogP contribution in [-0.2, 0) is 14.4 Å². The summed E-state index contributed by atoms with van der Waals surface area (Å²) in [4.78, 5) is 37.1. The van der Waals surface area contributed by atoms with Gasteiger partial charge in [0.25, 0.3) is 0 Å². The van der Waals surface area contributed by atoms with E-state index in [1.54, 1.807) is 4.90 Å². The second-order valence-electron chi connectivity index (χ2n) is 6.24. The fraction of sp³-hybridized carbons (Fsp3) is 0.800. The smallest absolute Gasteiger partial charge is 0.329 e. The number of nitrogens with zero attached hydrogens (tertiary/aromatic N) is 1. The number of piperidine rings is 1. The lowest BCUT2D eigenvalue weighted by molar-refractivity contribution is -0.150. The maximum atomic E-state index is 12.4. The Kier molecular flexibility index (Phi) is 4.85. The van der Waals surface area contributed by atoms with Gasteiger partial charge in [0.1, 0.15) is 5.54 Å². The molecule has 0 aromatic heterocycles. The average Bonchev–Trinajstić information content (AvgIpc) is 2.48. The van der Waals surface area contributed by atoms with Crippen LogP contribution in [0.1, 0.15) is 51.9 Å². The predicted octanol–water partition coefficient (Wildman–Crippen LogP) is 1.15. The largest absolute Gasteiger partial charge is 0.480 e. The molecule has 2 rings (SSSR count). The molecule has 0 bridgehead atoms. The van der Waals surface area contributed by atoms with Crippen LogP contribution in [0, 0.1) is 5.92 Å². The van der Waals surface area contributed by atoms with Crippen molar-refractivity contribution < 1.29 is 19.5 Å². The van der Waals surface area contributed by atoms with Crippen molar-refractivity contribution in [2.24, 2.45) is 5.92 Å². The van der Waals surface area contributed by atoms with Crippen molar-refractivity contribution in [1.29, 1.82) is 0 Å². The number of carbonyl (C=O) groups excluding carboxylic acids is 2. The molecule has 2 N–H and O–H groups in total. The maximum Gasteiger partial charge on any atom is 0.329 e. The first kappa shape index (κ1) is 15.8. The van der Waals surface area contributed by atoms with Gasteiger partial charge in [-0.15, -0.1) is 0 Å². The molecule has 0 spiro atoms. The van der Waals surface area contributed by atoms with Crippen LogP contribution in [0.3, 0.4) is 0 Å². The van der Waals surface area contributed by atoms with Gasteiger partial charge in [-0.05, 0) is 25.7 Å². The summed E-state index contributed by atoms with van der Waals surface area (Å²) in [6, 6.07) is 0.